The van der Waals surface area contributed by atoms with E-state index in [2.05, 4.69) is 35.2 Å². The van der Waals surface area contributed by atoms with Crippen molar-refractivity contribution in [2.24, 2.45) is 29.1 Å². The van der Waals surface area contributed by atoms with Crippen LogP contribution in [-0.4, -0.2) is 43.7 Å². The van der Waals surface area contributed by atoms with Gasteiger partial charge in [-0.2, -0.15) is 0 Å². The summed E-state index contributed by atoms with van der Waals surface area (Å²) in [7, 11) is 0. The van der Waals surface area contributed by atoms with E-state index in [4.69, 9.17) is 9.47 Å². The van der Waals surface area contributed by atoms with Crippen LogP contribution in [-0.2, 0) is 14.3 Å². The molecule has 4 atom stereocenters. The normalized spacial score (nSPS) is 37.4. The molecule has 1 spiro atoms. The number of hydrogen-bond acceptors (Lipinski definition) is 3. The second-order valence-corrected chi connectivity index (χ2v) is 25.1. The van der Waals surface area contributed by atoms with Crippen LogP contribution in [0.5, 0.6) is 0 Å². The number of rotatable bonds is 4. The first-order chi connectivity index (χ1) is 11.1. The van der Waals surface area contributed by atoms with E-state index in [1.165, 1.54) is 9.88 Å². The summed E-state index contributed by atoms with van der Waals surface area (Å²) in [6.45, 7) is 10.4. The Labute approximate surface area is 151 Å². The van der Waals surface area contributed by atoms with E-state index in [9.17, 15) is 4.79 Å². The minimum atomic E-state index is -2.10. The molecule has 24 heavy (non-hydrogen) atoms. The molecular weight excluding hydrogens is 407 g/mol. The maximum absolute atomic E-state index is 11.7. The van der Waals surface area contributed by atoms with Gasteiger partial charge in [0.25, 0.3) is 0 Å². The molecule has 0 bridgehead atoms. The van der Waals surface area contributed by atoms with Crippen molar-refractivity contribution in [3.05, 3.63) is 10.2 Å². The van der Waals surface area contributed by atoms with Crippen molar-refractivity contribution in [2.45, 2.75) is 60.1 Å². The van der Waals surface area contributed by atoms with Crippen molar-refractivity contribution in [3.8, 4) is 0 Å². The fourth-order valence-electron chi connectivity index (χ4n) is 4.78. The fraction of sp³-hybridized carbons (Fsp3) is 0.850. The zero-order chi connectivity index (χ0) is 17.8. The van der Waals surface area contributed by atoms with Crippen LogP contribution in [0.2, 0.25) is 14.8 Å². The zero-order valence-corrected chi connectivity index (χ0v) is 18.9. The summed E-state index contributed by atoms with van der Waals surface area (Å²) >= 11 is -2.10. The topological polar surface area (TPSA) is 35.5 Å². The van der Waals surface area contributed by atoms with Crippen LogP contribution in [0.3, 0.4) is 0 Å². The number of fused-ring (bicyclic) bond motifs is 1. The third-order valence-electron chi connectivity index (χ3n) is 6.57. The first-order valence-corrected chi connectivity index (χ1v) is 19.5. The third-order valence-corrected chi connectivity index (χ3v) is 13.2. The average molecular weight is 441 g/mol. The molecule has 1 aliphatic heterocycles. The van der Waals surface area contributed by atoms with E-state index in [1.807, 2.05) is 0 Å². The number of carbonyl (C=O) groups is 1. The first-order valence-electron chi connectivity index (χ1n) is 9.47. The molecule has 4 heteroatoms. The van der Waals surface area contributed by atoms with Gasteiger partial charge in [0.15, 0.2) is 0 Å². The van der Waals surface area contributed by atoms with Gasteiger partial charge in [-0.3, -0.25) is 0 Å². The Morgan fingerprint density at radius 3 is 2.38 bits per heavy atom. The molecular formula is C20H34O3Sn. The van der Waals surface area contributed by atoms with E-state index >= 15 is 0 Å². The van der Waals surface area contributed by atoms with Crippen molar-refractivity contribution >= 4 is 24.7 Å². The van der Waals surface area contributed by atoms with E-state index in [-0.39, 0.29) is 17.1 Å². The molecule has 3 nitrogen and oxygen atoms in total. The molecule has 2 aliphatic carbocycles. The Bertz CT molecular complexity index is 509. The van der Waals surface area contributed by atoms with Crippen molar-refractivity contribution in [1.29, 1.82) is 0 Å². The van der Waals surface area contributed by atoms with Crippen molar-refractivity contribution in [1.82, 2.24) is 0 Å². The van der Waals surface area contributed by atoms with Gasteiger partial charge < -0.3 is 0 Å². The number of allylic oxidation sites excluding steroid dienone is 1. The molecule has 0 radical (unpaired) electrons. The van der Waals surface area contributed by atoms with Gasteiger partial charge in [-0.1, -0.05) is 0 Å². The molecule has 0 N–H and O–H groups in total. The van der Waals surface area contributed by atoms with E-state index < -0.39 is 18.4 Å². The van der Waals surface area contributed by atoms with Crippen LogP contribution in [0.1, 0.15) is 39.5 Å². The molecule has 136 valence electrons. The van der Waals surface area contributed by atoms with Gasteiger partial charge in [-0.25, -0.2) is 0 Å². The predicted molar refractivity (Wildman–Crippen MR) is 99.4 cm³/mol. The molecule has 0 aromatic rings. The van der Waals surface area contributed by atoms with Crippen LogP contribution in [0, 0.1) is 29.1 Å². The Morgan fingerprint density at radius 2 is 1.83 bits per heavy atom. The second-order valence-electron chi connectivity index (χ2n) is 10.2. The van der Waals surface area contributed by atoms with Crippen LogP contribution >= 0.6 is 0 Å². The van der Waals surface area contributed by atoms with Crippen LogP contribution in [0.15, 0.2) is 10.2 Å². The number of hydrogen-bond donors (Lipinski definition) is 0. The van der Waals surface area contributed by atoms with Crippen LogP contribution < -0.4 is 0 Å². The number of aldehydes is 1. The van der Waals surface area contributed by atoms with Crippen molar-refractivity contribution < 1.29 is 14.3 Å². The quantitative estimate of drug-likeness (QED) is 0.478. The standard InChI is InChI=1S/C17H25O3.3CH3.Sn/c1-4-5-14-13(9-18)6-12-7-17(8-15(12)14)19-10-16(2,3)11-20-17;;;;/h9,12-15H,1,5-8,10-11H2,2-3H3;3*1H3;/t12-,13+,14+,15+;;;;/m0..../s1. The minimum absolute atomic E-state index is 0.114. The van der Waals surface area contributed by atoms with Gasteiger partial charge in [-0.15, -0.1) is 0 Å². The van der Waals surface area contributed by atoms with Gasteiger partial charge in [0.05, 0.1) is 0 Å². The molecule has 3 aliphatic rings. The summed E-state index contributed by atoms with van der Waals surface area (Å²) in [5.74, 6) is 1.44. The Kier molecular flexibility index (Phi) is 5.03. The zero-order valence-electron chi connectivity index (χ0n) is 16.1. The second kappa shape index (κ2) is 6.38. The summed E-state index contributed by atoms with van der Waals surface area (Å²) in [5, 5.41) is 0. The molecule has 0 amide bonds. The SMILES string of the molecule is C=[C](C[C@H]1[C@@H]2CC3(C[C@@H]2C[C@@H]1C=O)OCC(C)(C)CO3)[Sn]([CH3])([CH3])[CH3]. The van der Waals surface area contributed by atoms with Crippen LogP contribution in [0.25, 0.3) is 0 Å². The molecule has 1 heterocycles. The maximum atomic E-state index is 11.7. The van der Waals surface area contributed by atoms with E-state index in [0.717, 1.165) is 38.9 Å². The van der Waals surface area contributed by atoms with Gasteiger partial charge in [0, 0.05) is 0 Å². The monoisotopic (exact) mass is 442 g/mol. The molecule has 0 aromatic heterocycles. The van der Waals surface area contributed by atoms with Gasteiger partial charge in [0.1, 0.15) is 0 Å². The van der Waals surface area contributed by atoms with Crippen molar-refractivity contribution in [2.75, 3.05) is 13.2 Å². The van der Waals surface area contributed by atoms with Crippen molar-refractivity contribution in [3.63, 3.8) is 0 Å². The van der Waals surface area contributed by atoms with E-state index in [0.29, 0.717) is 17.8 Å². The number of ether oxygens (including phenoxy) is 2. The van der Waals surface area contributed by atoms with E-state index in [1.54, 1.807) is 0 Å². The molecule has 0 unspecified atom stereocenters. The summed E-state index contributed by atoms with van der Waals surface area (Å²) in [5.41, 5.74) is 0.114. The summed E-state index contributed by atoms with van der Waals surface area (Å²) in [6.07, 6.45) is 5.22. The molecule has 1 saturated heterocycles. The molecule has 3 fully saturated rings. The molecule has 2 saturated carbocycles. The summed E-state index contributed by atoms with van der Waals surface area (Å²) in [6, 6.07) is 0. The number of carbonyl (C=O) groups excluding carboxylic acids is 1. The van der Waals surface area contributed by atoms with Gasteiger partial charge >= 0.3 is 152 Å². The van der Waals surface area contributed by atoms with Gasteiger partial charge in [-0.05, 0) is 0 Å². The van der Waals surface area contributed by atoms with Gasteiger partial charge in [0.2, 0.25) is 0 Å². The average Bonchev–Trinajstić information content (AvgIpc) is 2.97. The Balaban J connectivity index is 1.72. The first kappa shape index (κ1) is 18.9. The van der Waals surface area contributed by atoms with Crippen LogP contribution in [0.4, 0.5) is 0 Å². The summed E-state index contributed by atoms with van der Waals surface area (Å²) in [4.78, 5) is 18.9. The third kappa shape index (κ3) is 3.64. The fourth-order valence-corrected chi connectivity index (χ4v) is 7.20. The Morgan fingerprint density at radius 1 is 1.21 bits per heavy atom. The predicted octanol–water partition coefficient (Wildman–Crippen LogP) is 4.44. The Hall–Kier alpha value is 0.129. The summed E-state index contributed by atoms with van der Waals surface area (Å²) < 4.78 is 14.0. The molecule has 3 rings (SSSR count). The molecule has 0 aromatic carbocycles.